The summed E-state index contributed by atoms with van der Waals surface area (Å²) in [7, 11) is 0. The first-order chi connectivity index (χ1) is 6.98. The fraction of sp³-hybridized carbons (Fsp3) is 1.00. The zero-order valence-electron chi connectivity index (χ0n) is 8.56. The van der Waals surface area contributed by atoms with Crippen LogP contribution in [0.4, 0.5) is 13.2 Å². The predicted octanol–water partition coefficient (Wildman–Crippen LogP) is 1.05. The van der Waals surface area contributed by atoms with Gasteiger partial charge in [-0.3, -0.25) is 0 Å². The minimum atomic E-state index is -4.54. The van der Waals surface area contributed by atoms with Crippen LogP contribution in [-0.2, 0) is 0 Å². The minimum absolute atomic E-state index is 0.153. The molecule has 0 aliphatic carbocycles. The molecular formula is C9H18F3NO2. The third-order valence-corrected chi connectivity index (χ3v) is 1.98. The molecule has 1 unspecified atom stereocenters. The maximum atomic E-state index is 11.8. The SMILES string of the molecule is OCCCCCCNCC(O)C(F)(F)F. The topological polar surface area (TPSA) is 52.5 Å². The molecule has 0 bridgehead atoms. The van der Waals surface area contributed by atoms with E-state index in [1.54, 1.807) is 0 Å². The lowest BCUT2D eigenvalue weighted by molar-refractivity contribution is -0.201. The normalized spacial score (nSPS) is 14.2. The second-order valence-corrected chi connectivity index (χ2v) is 3.40. The van der Waals surface area contributed by atoms with Crippen LogP contribution in [0.25, 0.3) is 0 Å². The molecule has 6 heteroatoms. The van der Waals surface area contributed by atoms with Crippen molar-refractivity contribution in [3.05, 3.63) is 0 Å². The number of aliphatic hydroxyl groups excluding tert-OH is 2. The van der Waals surface area contributed by atoms with Gasteiger partial charge in [0.25, 0.3) is 0 Å². The van der Waals surface area contributed by atoms with Gasteiger partial charge in [0, 0.05) is 13.2 Å². The Bertz CT molecular complexity index is 153. The summed E-state index contributed by atoms with van der Waals surface area (Å²) in [6, 6.07) is 0. The van der Waals surface area contributed by atoms with E-state index in [1.807, 2.05) is 0 Å². The molecular weight excluding hydrogens is 211 g/mol. The number of rotatable bonds is 8. The van der Waals surface area contributed by atoms with Gasteiger partial charge < -0.3 is 15.5 Å². The molecule has 1 atom stereocenters. The van der Waals surface area contributed by atoms with Crippen molar-refractivity contribution in [3.8, 4) is 0 Å². The van der Waals surface area contributed by atoms with Crippen LogP contribution in [-0.4, -0.2) is 42.2 Å². The Hall–Kier alpha value is -0.330. The highest BCUT2D eigenvalue weighted by Gasteiger charge is 2.37. The van der Waals surface area contributed by atoms with Crippen molar-refractivity contribution in [3.63, 3.8) is 0 Å². The van der Waals surface area contributed by atoms with E-state index >= 15 is 0 Å². The van der Waals surface area contributed by atoms with E-state index in [0.717, 1.165) is 25.7 Å². The molecule has 0 aliphatic rings. The molecule has 92 valence electrons. The van der Waals surface area contributed by atoms with E-state index in [2.05, 4.69) is 5.32 Å². The molecule has 0 spiro atoms. The number of hydrogen-bond donors (Lipinski definition) is 3. The van der Waals surface area contributed by atoms with Gasteiger partial charge in [-0.2, -0.15) is 13.2 Å². The van der Waals surface area contributed by atoms with Gasteiger partial charge in [0.2, 0.25) is 0 Å². The zero-order chi connectivity index (χ0) is 11.7. The van der Waals surface area contributed by atoms with Gasteiger partial charge in [-0.1, -0.05) is 12.8 Å². The Balaban J connectivity index is 3.24. The molecule has 0 heterocycles. The van der Waals surface area contributed by atoms with E-state index in [-0.39, 0.29) is 6.61 Å². The summed E-state index contributed by atoms with van der Waals surface area (Å²) in [5.74, 6) is 0. The van der Waals surface area contributed by atoms with Crippen molar-refractivity contribution in [2.45, 2.75) is 38.0 Å². The largest absolute Gasteiger partial charge is 0.415 e. The standard InChI is InChI=1S/C9H18F3NO2/c10-9(11,12)8(15)7-13-5-3-1-2-4-6-14/h8,13-15H,1-7H2. The first-order valence-corrected chi connectivity index (χ1v) is 5.05. The lowest BCUT2D eigenvalue weighted by Crippen LogP contribution is -2.38. The van der Waals surface area contributed by atoms with Gasteiger partial charge in [-0.15, -0.1) is 0 Å². The maximum absolute atomic E-state index is 11.8. The third-order valence-electron chi connectivity index (χ3n) is 1.98. The Kier molecular flexibility index (Phi) is 7.72. The quantitative estimate of drug-likeness (QED) is 0.545. The van der Waals surface area contributed by atoms with E-state index < -0.39 is 18.8 Å². The van der Waals surface area contributed by atoms with Crippen LogP contribution in [0.2, 0.25) is 0 Å². The molecule has 0 rings (SSSR count). The Morgan fingerprint density at radius 1 is 1.07 bits per heavy atom. The van der Waals surface area contributed by atoms with Gasteiger partial charge in [0.05, 0.1) is 0 Å². The fourth-order valence-electron chi connectivity index (χ4n) is 1.07. The molecule has 0 aromatic rings. The summed E-state index contributed by atoms with van der Waals surface area (Å²) in [5.41, 5.74) is 0. The molecule has 3 N–H and O–H groups in total. The van der Waals surface area contributed by atoms with Gasteiger partial charge >= 0.3 is 6.18 Å². The van der Waals surface area contributed by atoms with Crippen molar-refractivity contribution in [1.82, 2.24) is 5.32 Å². The Morgan fingerprint density at radius 2 is 1.67 bits per heavy atom. The Morgan fingerprint density at radius 3 is 2.20 bits per heavy atom. The summed E-state index contributed by atoms with van der Waals surface area (Å²) in [6.45, 7) is 0.155. The molecule has 3 nitrogen and oxygen atoms in total. The zero-order valence-corrected chi connectivity index (χ0v) is 8.56. The van der Waals surface area contributed by atoms with Crippen LogP contribution < -0.4 is 5.32 Å². The smallest absolute Gasteiger partial charge is 0.396 e. The number of alkyl halides is 3. The summed E-state index contributed by atoms with van der Waals surface area (Å²) in [4.78, 5) is 0. The first kappa shape index (κ1) is 14.7. The highest BCUT2D eigenvalue weighted by molar-refractivity contribution is 4.67. The minimum Gasteiger partial charge on any atom is -0.396 e. The van der Waals surface area contributed by atoms with E-state index in [4.69, 9.17) is 10.2 Å². The summed E-state index contributed by atoms with van der Waals surface area (Å²) in [5, 5.41) is 19.6. The highest BCUT2D eigenvalue weighted by atomic mass is 19.4. The molecule has 0 saturated heterocycles. The van der Waals surface area contributed by atoms with Crippen LogP contribution in [0.1, 0.15) is 25.7 Å². The predicted molar refractivity (Wildman–Crippen MR) is 50.5 cm³/mol. The molecule has 15 heavy (non-hydrogen) atoms. The molecule has 0 fully saturated rings. The molecule has 0 aromatic carbocycles. The van der Waals surface area contributed by atoms with Crippen molar-refractivity contribution >= 4 is 0 Å². The third kappa shape index (κ3) is 8.65. The molecule has 0 aromatic heterocycles. The maximum Gasteiger partial charge on any atom is 0.415 e. The number of hydrogen-bond acceptors (Lipinski definition) is 3. The van der Waals surface area contributed by atoms with Gasteiger partial charge in [-0.25, -0.2) is 0 Å². The Labute approximate surface area is 87.3 Å². The summed E-state index contributed by atoms with van der Waals surface area (Å²) >= 11 is 0. The lowest BCUT2D eigenvalue weighted by Gasteiger charge is -2.14. The van der Waals surface area contributed by atoms with E-state index in [9.17, 15) is 13.2 Å². The first-order valence-electron chi connectivity index (χ1n) is 5.05. The van der Waals surface area contributed by atoms with Crippen molar-refractivity contribution in [2.75, 3.05) is 19.7 Å². The van der Waals surface area contributed by atoms with Crippen LogP contribution in [0, 0.1) is 0 Å². The van der Waals surface area contributed by atoms with Gasteiger partial charge in [0.15, 0.2) is 6.10 Å². The van der Waals surface area contributed by atoms with Gasteiger partial charge in [0.1, 0.15) is 0 Å². The fourth-order valence-corrected chi connectivity index (χ4v) is 1.07. The number of halogens is 3. The van der Waals surface area contributed by atoms with E-state index in [1.165, 1.54) is 0 Å². The number of unbranched alkanes of at least 4 members (excludes halogenated alkanes) is 3. The number of aliphatic hydroxyl groups is 2. The molecule has 0 radical (unpaired) electrons. The van der Waals surface area contributed by atoms with Crippen LogP contribution in [0.5, 0.6) is 0 Å². The van der Waals surface area contributed by atoms with Crippen molar-refractivity contribution in [1.29, 1.82) is 0 Å². The lowest BCUT2D eigenvalue weighted by atomic mass is 10.2. The molecule has 0 amide bonds. The average molecular weight is 229 g/mol. The highest BCUT2D eigenvalue weighted by Crippen LogP contribution is 2.19. The van der Waals surface area contributed by atoms with Gasteiger partial charge in [-0.05, 0) is 19.4 Å². The van der Waals surface area contributed by atoms with E-state index in [0.29, 0.717) is 6.54 Å². The van der Waals surface area contributed by atoms with Crippen LogP contribution in [0.3, 0.4) is 0 Å². The van der Waals surface area contributed by atoms with Crippen molar-refractivity contribution < 1.29 is 23.4 Å². The second kappa shape index (κ2) is 7.90. The molecule has 0 aliphatic heterocycles. The van der Waals surface area contributed by atoms with Crippen LogP contribution >= 0.6 is 0 Å². The monoisotopic (exact) mass is 229 g/mol. The summed E-state index contributed by atoms with van der Waals surface area (Å²) < 4.78 is 35.4. The second-order valence-electron chi connectivity index (χ2n) is 3.40. The number of nitrogens with one attached hydrogen (secondary N) is 1. The molecule has 0 saturated carbocycles. The summed E-state index contributed by atoms with van der Waals surface area (Å²) in [6.07, 6.45) is -3.59. The van der Waals surface area contributed by atoms with Crippen molar-refractivity contribution in [2.24, 2.45) is 0 Å². The van der Waals surface area contributed by atoms with Crippen LogP contribution in [0.15, 0.2) is 0 Å². The average Bonchev–Trinajstić information content (AvgIpc) is 2.14.